The standard InChI is InChI=1S/C26H26N6O.ClH/c1-26(2,15-33)14-32-16-29-22-10-19(5-6-23(22)32)21-11-20(18-3-4-18)12-25(30-21)31-24-9-17(13-27)7-8-28-24;/h5-12,16,18,33H,3-4,14-15H2,1-2H3,(H,28,30,31);1H. The fourth-order valence-electron chi connectivity index (χ4n) is 3.98. The highest BCUT2D eigenvalue weighted by molar-refractivity contribution is 5.85. The van der Waals surface area contributed by atoms with Crippen molar-refractivity contribution in [3.63, 3.8) is 0 Å². The van der Waals surface area contributed by atoms with Crippen molar-refractivity contribution in [2.45, 2.75) is 39.2 Å². The Morgan fingerprint density at radius 2 is 1.94 bits per heavy atom. The van der Waals surface area contributed by atoms with Crippen molar-refractivity contribution >= 4 is 35.1 Å². The van der Waals surface area contributed by atoms with Crippen molar-refractivity contribution in [2.75, 3.05) is 11.9 Å². The Morgan fingerprint density at radius 3 is 2.68 bits per heavy atom. The van der Waals surface area contributed by atoms with Gasteiger partial charge < -0.3 is 15.0 Å². The van der Waals surface area contributed by atoms with E-state index in [0.29, 0.717) is 29.7 Å². The van der Waals surface area contributed by atoms with E-state index in [1.165, 1.54) is 18.4 Å². The number of benzene rings is 1. The van der Waals surface area contributed by atoms with Gasteiger partial charge in [0.15, 0.2) is 0 Å². The fourth-order valence-corrected chi connectivity index (χ4v) is 3.98. The molecule has 0 bridgehead atoms. The van der Waals surface area contributed by atoms with E-state index in [0.717, 1.165) is 22.3 Å². The van der Waals surface area contributed by atoms with Gasteiger partial charge in [-0.15, -0.1) is 12.4 Å². The molecule has 174 valence electrons. The molecule has 4 aromatic rings. The van der Waals surface area contributed by atoms with Crippen molar-refractivity contribution in [1.29, 1.82) is 5.26 Å². The Morgan fingerprint density at radius 1 is 1.12 bits per heavy atom. The van der Waals surface area contributed by atoms with Crippen molar-refractivity contribution < 1.29 is 5.11 Å². The zero-order valence-electron chi connectivity index (χ0n) is 19.2. The maximum Gasteiger partial charge on any atom is 0.132 e. The minimum Gasteiger partial charge on any atom is -0.396 e. The second-order valence-electron chi connectivity index (χ2n) is 9.51. The van der Waals surface area contributed by atoms with Gasteiger partial charge in [-0.3, -0.25) is 0 Å². The van der Waals surface area contributed by atoms with E-state index in [4.69, 9.17) is 10.2 Å². The summed E-state index contributed by atoms with van der Waals surface area (Å²) >= 11 is 0. The number of halogens is 1. The van der Waals surface area contributed by atoms with Crippen LogP contribution < -0.4 is 5.32 Å². The molecule has 8 heteroatoms. The second kappa shape index (κ2) is 9.41. The summed E-state index contributed by atoms with van der Waals surface area (Å²) in [5, 5.41) is 22.1. The van der Waals surface area contributed by atoms with Gasteiger partial charge in [0.1, 0.15) is 11.6 Å². The number of hydrogen-bond donors (Lipinski definition) is 2. The van der Waals surface area contributed by atoms with E-state index in [1.54, 1.807) is 18.3 Å². The van der Waals surface area contributed by atoms with Gasteiger partial charge in [0.2, 0.25) is 0 Å². The number of nitrogens with one attached hydrogen (secondary N) is 1. The Hall–Kier alpha value is -3.47. The molecule has 1 saturated carbocycles. The molecule has 0 unspecified atom stereocenters. The van der Waals surface area contributed by atoms with Crippen LogP contribution in [0, 0.1) is 16.7 Å². The number of nitriles is 1. The number of aliphatic hydroxyl groups excluding tert-OH is 1. The van der Waals surface area contributed by atoms with E-state index in [-0.39, 0.29) is 24.4 Å². The highest BCUT2D eigenvalue weighted by Crippen LogP contribution is 2.42. The number of anilines is 2. The Balaban J connectivity index is 0.00000274. The van der Waals surface area contributed by atoms with Crippen LogP contribution in [0.15, 0.2) is 55.0 Å². The number of nitrogens with zero attached hydrogens (tertiary/aromatic N) is 5. The maximum atomic E-state index is 9.63. The Bertz CT molecular complexity index is 1370. The number of hydrogen-bond acceptors (Lipinski definition) is 6. The first-order chi connectivity index (χ1) is 15.9. The molecule has 1 aromatic carbocycles. The molecule has 0 radical (unpaired) electrons. The SMILES string of the molecule is CC(C)(CO)Cn1cnc2cc(-c3cc(C4CC4)cc(Nc4cc(C#N)ccn4)n3)ccc21.Cl. The Kier molecular flexibility index (Phi) is 6.56. The van der Waals surface area contributed by atoms with Gasteiger partial charge in [0.25, 0.3) is 0 Å². The lowest BCUT2D eigenvalue weighted by molar-refractivity contribution is 0.142. The van der Waals surface area contributed by atoms with Gasteiger partial charge in [0.05, 0.1) is 34.7 Å². The lowest BCUT2D eigenvalue weighted by atomic mass is 9.95. The molecule has 1 fully saturated rings. The molecule has 34 heavy (non-hydrogen) atoms. The smallest absolute Gasteiger partial charge is 0.132 e. The van der Waals surface area contributed by atoms with E-state index in [2.05, 4.69) is 56.3 Å². The molecule has 5 rings (SSSR count). The van der Waals surface area contributed by atoms with E-state index >= 15 is 0 Å². The van der Waals surface area contributed by atoms with E-state index in [1.807, 2.05) is 20.2 Å². The zero-order valence-corrected chi connectivity index (χ0v) is 20.0. The predicted molar refractivity (Wildman–Crippen MR) is 135 cm³/mol. The minimum atomic E-state index is -0.218. The summed E-state index contributed by atoms with van der Waals surface area (Å²) < 4.78 is 2.09. The van der Waals surface area contributed by atoms with Gasteiger partial charge in [0, 0.05) is 30.3 Å². The van der Waals surface area contributed by atoms with Crippen molar-refractivity contribution in [3.05, 3.63) is 66.1 Å². The average molecular weight is 475 g/mol. The molecule has 3 heterocycles. The van der Waals surface area contributed by atoms with Crippen molar-refractivity contribution in [1.82, 2.24) is 19.5 Å². The summed E-state index contributed by atoms with van der Waals surface area (Å²) in [5.41, 5.74) is 5.41. The van der Waals surface area contributed by atoms with Gasteiger partial charge in [-0.1, -0.05) is 19.9 Å². The molecular weight excluding hydrogens is 448 g/mol. The van der Waals surface area contributed by atoms with Crippen LogP contribution in [0.1, 0.15) is 43.7 Å². The van der Waals surface area contributed by atoms with E-state index in [9.17, 15) is 5.11 Å². The van der Waals surface area contributed by atoms with Crippen LogP contribution in [-0.2, 0) is 6.54 Å². The normalized spacial score (nSPS) is 13.4. The molecule has 0 spiro atoms. The monoisotopic (exact) mass is 474 g/mol. The summed E-state index contributed by atoms with van der Waals surface area (Å²) in [6, 6.07) is 16.0. The Labute approximate surface area is 204 Å². The van der Waals surface area contributed by atoms with Crippen molar-refractivity contribution in [3.8, 4) is 17.3 Å². The first-order valence-corrected chi connectivity index (χ1v) is 11.2. The molecule has 0 atom stereocenters. The third-order valence-electron chi connectivity index (χ3n) is 5.98. The summed E-state index contributed by atoms with van der Waals surface area (Å²) in [7, 11) is 0. The van der Waals surface area contributed by atoms with Crippen molar-refractivity contribution in [2.24, 2.45) is 5.41 Å². The molecule has 1 aliphatic rings. The number of aliphatic hydroxyl groups is 1. The second-order valence-corrected chi connectivity index (χ2v) is 9.51. The molecule has 3 aromatic heterocycles. The first kappa shape index (κ1) is 23.7. The summed E-state index contributed by atoms with van der Waals surface area (Å²) in [6.07, 6.45) is 5.83. The predicted octanol–water partition coefficient (Wildman–Crippen LogP) is 5.43. The zero-order chi connectivity index (χ0) is 23.0. The van der Waals surface area contributed by atoms with Gasteiger partial charge in [-0.25, -0.2) is 15.0 Å². The summed E-state index contributed by atoms with van der Waals surface area (Å²) in [5.74, 6) is 1.88. The largest absolute Gasteiger partial charge is 0.396 e. The lowest BCUT2D eigenvalue weighted by Crippen LogP contribution is -2.23. The molecule has 0 amide bonds. The van der Waals surface area contributed by atoms with Crippen LogP contribution in [0.3, 0.4) is 0 Å². The quantitative estimate of drug-likeness (QED) is 0.370. The van der Waals surface area contributed by atoms with Gasteiger partial charge in [-0.05, 0) is 60.7 Å². The van der Waals surface area contributed by atoms with Crippen LogP contribution in [0.5, 0.6) is 0 Å². The highest BCUT2D eigenvalue weighted by Gasteiger charge is 2.25. The van der Waals surface area contributed by atoms with Crippen LogP contribution in [0.2, 0.25) is 0 Å². The number of rotatable bonds is 7. The minimum absolute atomic E-state index is 0. The highest BCUT2D eigenvalue weighted by atomic mass is 35.5. The van der Waals surface area contributed by atoms with Gasteiger partial charge >= 0.3 is 0 Å². The third kappa shape index (κ3) is 5.04. The first-order valence-electron chi connectivity index (χ1n) is 11.2. The number of pyridine rings is 2. The van der Waals surface area contributed by atoms with Crippen LogP contribution in [0.4, 0.5) is 11.6 Å². The van der Waals surface area contributed by atoms with Gasteiger partial charge in [-0.2, -0.15) is 5.26 Å². The third-order valence-corrected chi connectivity index (χ3v) is 5.98. The molecule has 1 aliphatic carbocycles. The molecule has 7 nitrogen and oxygen atoms in total. The van der Waals surface area contributed by atoms with E-state index < -0.39 is 0 Å². The maximum absolute atomic E-state index is 9.63. The molecule has 2 N–H and O–H groups in total. The number of imidazole rings is 1. The molecular formula is C26H27ClN6O. The summed E-state index contributed by atoms with van der Waals surface area (Å²) in [4.78, 5) is 13.8. The molecule has 0 saturated heterocycles. The van der Waals surface area contributed by atoms with Crippen LogP contribution in [0.25, 0.3) is 22.3 Å². The number of aromatic nitrogens is 4. The topological polar surface area (TPSA) is 99.7 Å². The fraction of sp³-hybridized carbons (Fsp3) is 0.308. The number of fused-ring (bicyclic) bond motifs is 1. The van der Waals surface area contributed by atoms with Crippen LogP contribution in [-0.4, -0.2) is 31.2 Å². The average Bonchev–Trinajstić information content (AvgIpc) is 3.61. The van der Waals surface area contributed by atoms with Crippen LogP contribution >= 0.6 is 12.4 Å². The summed E-state index contributed by atoms with van der Waals surface area (Å²) in [6.45, 7) is 4.88. The lowest BCUT2D eigenvalue weighted by Gasteiger charge is -2.22. The molecule has 0 aliphatic heterocycles.